The van der Waals surface area contributed by atoms with E-state index in [1.165, 1.54) is 36.3 Å². The van der Waals surface area contributed by atoms with E-state index in [1.54, 1.807) is 17.5 Å². The Kier molecular flexibility index (Phi) is 3.25. The fourth-order valence-corrected chi connectivity index (χ4v) is 3.71. The lowest BCUT2D eigenvalue weighted by Gasteiger charge is -2.01. The lowest BCUT2D eigenvalue weighted by molar-refractivity contribution is 0.688. The van der Waals surface area contributed by atoms with Gasteiger partial charge in [-0.3, -0.25) is 4.98 Å². The Morgan fingerprint density at radius 1 is 1.30 bits per heavy atom. The molecule has 0 unspecified atom stereocenters. The molecule has 2 aromatic rings. The molecule has 0 amide bonds. The number of nitrogens with one attached hydrogen (secondary N) is 1. The highest BCUT2D eigenvalue weighted by Gasteiger charge is 2.31. The Balaban J connectivity index is 1.66. The molecule has 5 heteroatoms. The van der Waals surface area contributed by atoms with Crippen molar-refractivity contribution in [2.45, 2.75) is 44.2 Å². The summed E-state index contributed by atoms with van der Waals surface area (Å²) in [6.45, 7) is 0.943. The number of pyridine rings is 1. The summed E-state index contributed by atoms with van der Waals surface area (Å²) in [6, 6.07) is 4.46. The van der Waals surface area contributed by atoms with Crippen LogP contribution < -0.4 is 5.32 Å². The monoisotopic (exact) mass is 305 g/mol. The van der Waals surface area contributed by atoms with Gasteiger partial charge in [-0.15, -0.1) is 11.3 Å². The molecule has 104 valence electrons. The summed E-state index contributed by atoms with van der Waals surface area (Å²) in [5, 5.41) is 5.24. The first-order valence-electron chi connectivity index (χ1n) is 7.15. The molecule has 20 heavy (non-hydrogen) atoms. The second kappa shape index (κ2) is 5.10. The standard InChI is InChI=1S/C15H16ClN3S/c16-11-2-1-7-17-14(11)15-19-13(9-3-4-9)12(20-15)8-18-10-5-6-10/h1-2,7,9-10,18H,3-6,8H2. The smallest absolute Gasteiger partial charge is 0.143 e. The van der Waals surface area contributed by atoms with Gasteiger partial charge in [0, 0.05) is 29.6 Å². The molecule has 0 spiro atoms. The molecule has 0 bridgehead atoms. The van der Waals surface area contributed by atoms with E-state index in [2.05, 4.69) is 10.3 Å². The molecule has 2 aliphatic carbocycles. The van der Waals surface area contributed by atoms with Crippen molar-refractivity contribution >= 4 is 22.9 Å². The predicted octanol–water partition coefficient (Wildman–Crippen LogP) is 3.99. The fraction of sp³-hybridized carbons (Fsp3) is 0.467. The molecule has 2 heterocycles. The molecular weight excluding hydrogens is 290 g/mol. The summed E-state index contributed by atoms with van der Waals surface area (Å²) >= 11 is 7.99. The third kappa shape index (κ3) is 2.60. The van der Waals surface area contributed by atoms with Crippen LogP contribution in [0.15, 0.2) is 18.3 Å². The van der Waals surface area contributed by atoms with Crippen LogP contribution >= 0.6 is 22.9 Å². The van der Waals surface area contributed by atoms with Crippen LogP contribution in [0.5, 0.6) is 0 Å². The molecule has 2 fully saturated rings. The number of nitrogens with zero attached hydrogens (tertiary/aromatic N) is 2. The molecule has 3 nitrogen and oxygen atoms in total. The SMILES string of the molecule is Clc1cccnc1-c1nc(C2CC2)c(CNC2CC2)s1. The Morgan fingerprint density at radius 3 is 2.85 bits per heavy atom. The van der Waals surface area contributed by atoms with Crippen molar-refractivity contribution in [2.75, 3.05) is 0 Å². The maximum Gasteiger partial charge on any atom is 0.143 e. The van der Waals surface area contributed by atoms with E-state index in [0.29, 0.717) is 10.9 Å². The van der Waals surface area contributed by atoms with Crippen molar-refractivity contribution in [2.24, 2.45) is 0 Å². The predicted molar refractivity (Wildman–Crippen MR) is 82.2 cm³/mol. The van der Waals surface area contributed by atoms with E-state index in [4.69, 9.17) is 16.6 Å². The van der Waals surface area contributed by atoms with Gasteiger partial charge in [0.05, 0.1) is 10.7 Å². The van der Waals surface area contributed by atoms with Crippen molar-refractivity contribution in [1.29, 1.82) is 0 Å². The number of aromatic nitrogens is 2. The van der Waals surface area contributed by atoms with Crippen LogP contribution in [0.3, 0.4) is 0 Å². The van der Waals surface area contributed by atoms with Gasteiger partial charge in [-0.1, -0.05) is 11.6 Å². The van der Waals surface area contributed by atoms with Gasteiger partial charge in [0.15, 0.2) is 0 Å². The molecule has 0 saturated heterocycles. The number of halogens is 1. The van der Waals surface area contributed by atoms with Gasteiger partial charge in [0.2, 0.25) is 0 Å². The molecule has 0 atom stereocenters. The Bertz CT molecular complexity index is 632. The first kappa shape index (κ1) is 12.7. The van der Waals surface area contributed by atoms with Crippen molar-refractivity contribution in [3.05, 3.63) is 33.9 Å². The highest BCUT2D eigenvalue weighted by Crippen LogP contribution is 2.44. The van der Waals surface area contributed by atoms with Gasteiger partial charge in [0.1, 0.15) is 10.7 Å². The molecule has 4 rings (SSSR count). The summed E-state index contributed by atoms with van der Waals surface area (Å²) < 4.78 is 0. The molecule has 2 aromatic heterocycles. The van der Waals surface area contributed by atoms with Crippen molar-refractivity contribution in [3.63, 3.8) is 0 Å². The topological polar surface area (TPSA) is 37.8 Å². The van der Waals surface area contributed by atoms with Crippen LogP contribution in [0.1, 0.15) is 42.2 Å². The third-order valence-corrected chi connectivity index (χ3v) is 5.16. The molecular formula is C15H16ClN3S. The molecule has 0 aliphatic heterocycles. The van der Waals surface area contributed by atoms with E-state index in [0.717, 1.165) is 23.3 Å². The largest absolute Gasteiger partial charge is 0.309 e. The summed E-state index contributed by atoms with van der Waals surface area (Å²) in [5.74, 6) is 0.665. The second-order valence-electron chi connectivity index (χ2n) is 5.59. The summed E-state index contributed by atoms with van der Waals surface area (Å²) in [4.78, 5) is 10.6. The lowest BCUT2D eigenvalue weighted by Crippen LogP contribution is -2.15. The number of hydrogen-bond donors (Lipinski definition) is 1. The third-order valence-electron chi connectivity index (χ3n) is 3.78. The lowest BCUT2D eigenvalue weighted by atomic mass is 10.2. The van der Waals surface area contributed by atoms with Gasteiger partial charge in [0.25, 0.3) is 0 Å². The second-order valence-corrected chi connectivity index (χ2v) is 7.08. The number of hydrogen-bond acceptors (Lipinski definition) is 4. The molecule has 0 aromatic carbocycles. The number of thiazole rings is 1. The first-order valence-corrected chi connectivity index (χ1v) is 8.34. The average Bonchev–Trinajstić information content (AvgIpc) is 3.36. The van der Waals surface area contributed by atoms with Crippen molar-refractivity contribution in [3.8, 4) is 10.7 Å². The zero-order valence-corrected chi connectivity index (χ0v) is 12.7. The van der Waals surface area contributed by atoms with Crippen LogP contribution in [0.25, 0.3) is 10.7 Å². The average molecular weight is 306 g/mol. The zero-order valence-electron chi connectivity index (χ0n) is 11.1. The molecule has 1 N–H and O–H groups in total. The van der Waals surface area contributed by atoms with Gasteiger partial charge < -0.3 is 5.32 Å². The number of rotatable bonds is 5. The van der Waals surface area contributed by atoms with E-state index in [-0.39, 0.29) is 0 Å². The van der Waals surface area contributed by atoms with Gasteiger partial charge >= 0.3 is 0 Å². The fourth-order valence-electron chi connectivity index (χ4n) is 2.33. The van der Waals surface area contributed by atoms with Crippen LogP contribution in [0.2, 0.25) is 5.02 Å². The molecule has 2 aliphatic rings. The van der Waals surface area contributed by atoms with Gasteiger partial charge in [-0.2, -0.15) is 0 Å². The van der Waals surface area contributed by atoms with Crippen molar-refractivity contribution < 1.29 is 0 Å². The van der Waals surface area contributed by atoms with Gasteiger partial charge in [-0.05, 0) is 37.8 Å². The van der Waals surface area contributed by atoms with E-state index in [1.807, 2.05) is 12.1 Å². The zero-order chi connectivity index (χ0) is 13.5. The summed E-state index contributed by atoms with van der Waals surface area (Å²) in [5.41, 5.74) is 2.10. The van der Waals surface area contributed by atoms with Gasteiger partial charge in [-0.25, -0.2) is 4.98 Å². The Morgan fingerprint density at radius 2 is 2.15 bits per heavy atom. The molecule has 0 radical (unpaired) electrons. The van der Waals surface area contributed by atoms with E-state index >= 15 is 0 Å². The van der Waals surface area contributed by atoms with Crippen LogP contribution in [0.4, 0.5) is 0 Å². The minimum atomic E-state index is 0.665. The quantitative estimate of drug-likeness (QED) is 0.907. The Hall–Kier alpha value is -0.970. The van der Waals surface area contributed by atoms with Crippen LogP contribution in [-0.4, -0.2) is 16.0 Å². The maximum absolute atomic E-state index is 6.24. The minimum absolute atomic E-state index is 0.665. The normalized spacial score (nSPS) is 18.4. The summed E-state index contributed by atoms with van der Waals surface area (Å²) in [6.07, 6.45) is 6.96. The minimum Gasteiger partial charge on any atom is -0.309 e. The maximum atomic E-state index is 6.24. The Labute approximate surface area is 127 Å². The van der Waals surface area contributed by atoms with Crippen LogP contribution in [-0.2, 0) is 6.54 Å². The van der Waals surface area contributed by atoms with Crippen molar-refractivity contribution in [1.82, 2.24) is 15.3 Å². The highest BCUT2D eigenvalue weighted by atomic mass is 35.5. The van der Waals surface area contributed by atoms with Crippen LogP contribution in [0, 0.1) is 0 Å². The van der Waals surface area contributed by atoms with E-state index < -0.39 is 0 Å². The highest BCUT2D eigenvalue weighted by molar-refractivity contribution is 7.15. The molecule has 2 saturated carbocycles. The first-order chi connectivity index (χ1) is 9.81. The van der Waals surface area contributed by atoms with E-state index in [9.17, 15) is 0 Å². The summed E-state index contributed by atoms with van der Waals surface area (Å²) in [7, 11) is 0.